The number of hydrogen-bond acceptors (Lipinski definition) is 3. The molecule has 0 saturated heterocycles. The third-order valence-electron chi connectivity index (χ3n) is 2.58. The van der Waals surface area contributed by atoms with Crippen molar-refractivity contribution in [2.75, 3.05) is 6.26 Å². The van der Waals surface area contributed by atoms with Gasteiger partial charge in [-0.2, -0.15) is 0 Å². The number of aromatic amines is 1. The minimum atomic E-state index is -0.441. The highest BCUT2D eigenvalue weighted by Gasteiger charge is 2.18. The third kappa shape index (κ3) is 2.05. The van der Waals surface area contributed by atoms with E-state index < -0.39 is 5.56 Å². The number of pyridine rings is 1. The number of rotatable bonds is 2. The fourth-order valence-electron chi connectivity index (χ4n) is 1.82. The first kappa shape index (κ1) is 13.5. The lowest BCUT2D eigenvalue weighted by atomic mass is 10.1. The first-order valence-corrected chi connectivity index (χ1v) is 7.04. The summed E-state index contributed by atoms with van der Waals surface area (Å²) in [5.41, 5.74) is 0.145. The SMILES string of the molecule is CSc1c(C(C)=O)c(=O)[nH]c2c(Cl)ccc(Cl)c12. The van der Waals surface area contributed by atoms with Gasteiger partial charge >= 0.3 is 0 Å². The number of thioether (sulfide) groups is 1. The van der Waals surface area contributed by atoms with Gasteiger partial charge in [-0.1, -0.05) is 23.2 Å². The quantitative estimate of drug-likeness (QED) is 0.679. The van der Waals surface area contributed by atoms with Crippen molar-refractivity contribution >= 4 is 51.6 Å². The summed E-state index contributed by atoms with van der Waals surface area (Å²) in [4.78, 5) is 26.7. The monoisotopic (exact) mass is 301 g/mol. The number of carbonyl (C=O) groups is 1. The number of benzene rings is 1. The van der Waals surface area contributed by atoms with Crippen LogP contribution in [-0.4, -0.2) is 17.0 Å². The van der Waals surface area contributed by atoms with Gasteiger partial charge < -0.3 is 4.98 Å². The van der Waals surface area contributed by atoms with E-state index in [1.54, 1.807) is 18.4 Å². The predicted octanol–water partition coefficient (Wildman–Crippen LogP) is 3.76. The number of hydrogen-bond donors (Lipinski definition) is 1. The van der Waals surface area contributed by atoms with Gasteiger partial charge in [0, 0.05) is 10.3 Å². The molecule has 0 radical (unpaired) electrons. The molecule has 3 nitrogen and oxygen atoms in total. The summed E-state index contributed by atoms with van der Waals surface area (Å²) in [5, 5.41) is 1.47. The van der Waals surface area contributed by atoms with E-state index >= 15 is 0 Å². The van der Waals surface area contributed by atoms with Crippen molar-refractivity contribution in [1.82, 2.24) is 4.98 Å². The van der Waals surface area contributed by atoms with Crippen LogP contribution in [0, 0.1) is 0 Å². The van der Waals surface area contributed by atoms with Crippen LogP contribution in [0.3, 0.4) is 0 Å². The number of fused-ring (bicyclic) bond motifs is 1. The smallest absolute Gasteiger partial charge is 0.260 e. The van der Waals surface area contributed by atoms with Crippen LogP contribution in [0.1, 0.15) is 17.3 Å². The number of halogens is 2. The molecular weight excluding hydrogens is 293 g/mol. The second-order valence-electron chi connectivity index (χ2n) is 3.70. The zero-order valence-electron chi connectivity index (χ0n) is 9.64. The van der Waals surface area contributed by atoms with Crippen LogP contribution >= 0.6 is 35.0 Å². The summed E-state index contributed by atoms with van der Waals surface area (Å²) < 4.78 is 0. The van der Waals surface area contributed by atoms with Crippen molar-refractivity contribution in [3.05, 3.63) is 38.1 Å². The summed E-state index contributed by atoms with van der Waals surface area (Å²) in [6.07, 6.45) is 1.79. The molecule has 0 atom stereocenters. The molecule has 2 rings (SSSR count). The van der Waals surface area contributed by atoms with Gasteiger partial charge in [0.15, 0.2) is 5.78 Å². The van der Waals surface area contributed by atoms with Crippen molar-refractivity contribution in [2.45, 2.75) is 11.8 Å². The number of carbonyl (C=O) groups excluding carboxylic acids is 1. The Morgan fingerprint density at radius 1 is 1.28 bits per heavy atom. The highest BCUT2D eigenvalue weighted by molar-refractivity contribution is 7.99. The van der Waals surface area contributed by atoms with Gasteiger partial charge in [-0.25, -0.2) is 0 Å². The molecule has 94 valence electrons. The molecular formula is C12H9Cl2NO2S. The molecule has 1 N–H and O–H groups in total. The second-order valence-corrected chi connectivity index (χ2v) is 5.33. The van der Waals surface area contributed by atoms with E-state index in [2.05, 4.69) is 4.98 Å². The van der Waals surface area contributed by atoms with E-state index in [1.165, 1.54) is 18.7 Å². The molecule has 0 aliphatic heterocycles. The molecule has 0 spiro atoms. The molecule has 0 saturated carbocycles. The number of H-pyrrole nitrogens is 1. The Morgan fingerprint density at radius 2 is 1.89 bits per heavy atom. The van der Waals surface area contributed by atoms with Gasteiger partial charge in [-0.15, -0.1) is 11.8 Å². The third-order valence-corrected chi connectivity index (χ3v) is 4.03. The van der Waals surface area contributed by atoms with Gasteiger partial charge in [0.2, 0.25) is 0 Å². The molecule has 1 heterocycles. The second kappa shape index (κ2) is 4.96. The Balaban J connectivity index is 3.09. The zero-order valence-corrected chi connectivity index (χ0v) is 12.0. The lowest BCUT2D eigenvalue weighted by Crippen LogP contribution is -2.18. The molecule has 0 aliphatic carbocycles. The molecule has 0 amide bonds. The van der Waals surface area contributed by atoms with Crippen LogP contribution in [-0.2, 0) is 0 Å². The Morgan fingerprint density at radius 3 is 2.44 bits per heavy atom. The molecule has 0 unspecified atom stereocenters. The largest absolute Gasteiger partial charge is 0.320 e. The Labute approximate surface area is 117 Å². The number of aromatic nitrogens is 1. The number of Topliss-reactive ketones (excluding diaryl/α,β-unsaturated/α-hetero) is 1. The van der Waals surface area contributed by atoms with Crippen molar-refractivity contribution in [2.24, 2.45) is 0 Å². The van der Waals surface area contributed by atoms with Crippen molar-refractivity contribution in [3.63, 3.8) is 0 Å². The van der Waals surface area contributed by atoms with Crippen LogP contribution in [0.25, 0.3) is 10.9 Å². The minimum absolute atomic E-state index is 0.124. The summed E-state index contributed by atoms with van der Waals surface area (Å²) in [5.74, 6) is -0.293. The van der Waals surface area contributed by atoms with E-state index in [4.69, 9.17) is 23.2 Å². The van der Waals surface area contributed by atoms with E-state index in [0.29, 0.717) is 25.8 Å². The van der Waals surface area contributed by atoms with Crippen molar-refractivity contribution < 1.29 is 4.79 Å². The molecule has 1 aromatic carbocycles. The molecule has 0 fully saturated rings. The highest BCUT2D eigenvalue weighted by Crippen LogP contribution is 2.35. The summed E-state index contributed by atoms with van der Waals surface area (Å²) in [6, 6.07) is 3.26. The fraction of sp³-hybridized carbons (Fsp3) is 0.167. The molecule has 0 bridgehead atoms. The van der Waals surface area contributed by atoms with E-state index in [1.807, 2.05) is 0 Å². The molecule has 1 aromatic heterocycles. The fourth-order valence-corrected chi connectivity index (χ4v) is 3.19. The molecule has 6 heteroatoms. The average Bonchev–Trinajstić information content (AvgIpc) is 2.32. The van der Waals surface area contributed by atoms with Gasteiger partial charge in [0.05, 0.1) is 21.1 Å². The average molecular weight is 302 g/mol. The van der Waals surface area contributed by atoms with E-state index in [9.17, 15) is 9.59 Å². The Hall–Kier alpha value is -0.970. The van der Waals surface area contributed by atoms with Crippen LogP contribution < -0.4 is 5.56 Å². The highest BCUT2D eigenvalue weighted by atomic mass is 35.5. The maximum Gasteiger partial charge on any atom is 0.260 e. The van der Waals surface area contributed by atoms with Crippen molar-refractivity contribution in [1.29, 1.82) is 0 Å². The maximum atomic E-state index is 11.9. The van der Waals surface area contributed by atoms with Crippen LogP contribution in [0.5, 0.6) is 0 Å². The number of nitrogens with one attached hydrogen (secondary N) is 1. The molecule has 0 aliphatic rings. The Kier molecular flexibility index (Phi) is 3.71. The topological polar surface area (TPSA) is 49.9 Å². The maximum absolute atomic E-state index is 11.9. The van der Waals surface area contributed by atoms with Gasteiger partial charge in [0.1, 0.15) is 0 Å². The van der Waals surface area contributed by atoms with Crippen LogP contribution in [0.4, 0.5) is 0 Å². The summed E-state index contributed by atoms with van der Waals surface area (Å²) in [7, 11) is 0. The first-order chi connectivity index (χ1) is 8.47. The Bertz CT molecular complexity index is 709. The normalized spacial score (nSPS) is 10.9. The zero-order chi connectivity index (χ0) is 13.4. The van der Waals surface area contributed by atoms with E-state index in [0.717, 1.165) is 0 Å². The van der Waals surface area contributed by atoms with Gasteiger partial charge in [0.25, 0.3) is 5.56 Å². The lowest BCUT2D eigenvalue weighted by Gasteiger charge is -2.10. The van der Waals surface area contributed by atoms with Crippen LogP contribution in [0.2, 0.25) is 10.0 Å². The first-order valence-electron chi connectivity index (χ1n) is 5.06. The minimum Gasteiger partial charge on any atom is -0.320 e. The van der Waals surface area contributed by atoms with Gasteiger partial charge in [-0.3, -0.25) is 9.59 Å². The predicted molar refractivity (Wildman–Crippen MR) is 76.4 cm³/mol. The summed E-state index contributed by atoms with van der Waals surface area (Å²) >= 11 is 13.5. The number of ketones is 1. The molecule has 2 aromatic rings. The summed E-state index contributed by atoms with van der Waals surface area (Å²) in [6.45, 7) is 1.36. The van der Waals surface area contributed by atoms with E-state index in [-0.39, 0.29) is 11.3 Å². The molecule has 18 heavy (non-hydrogen) atoms. The van der Waals surface area contributed by atoms with Gasteiger partial charge in [-0.05, 0) is 25.3 Å². The van der Waals surface area contributed by atoms with Crippen LogP contribution in [0.15, 0.2) is 21.8 Å². The standard InChI is InChI=1S/C12H9Cl2NO2S/c1-5(16)8-11(18-2)9-6(13)3-4-7(14)10(9)15-12(8)17/h3-4H,1-2H3,(H,15,17). The van der Waals surface area contributed by atoms with Crippen molar-refractivity contribution in [3.8, 4) is 0 Å². The lowest BCUT2D eigenvalue weighted by molar-refractivity contribution is 0.101.